The number of nitrogens with one attached hydrogen (secondary N) is 1. The second-order valence-electron chi connectivity index (χ2n) is 6.90. The molecule has 1 saturated carbocycles. The maximum Gasteiger partial charge on any atom is 0.0108 e. The maximum atomic E-state index is 3.85. The molecule has 20 heavy (non-hydrogen) atoms. The van der Waals surface area contributed by atoms with Gasteiger partial charge in [-0.05, 0) is 69.6 Å². The minimum atomic E-state index is 0.741. The first kappa shape index (κ1) is 18.0. The zero-order chi connectivity index (χ0) is 15.0. The molecule has 0 aliphatic heterocycles. The monoisotopic (exact) mass is 282 g/mol. The summed E-state index contributed by atoms with van der Waals surface area (Å²) in [7, 11) is 0. The highest BCUT2D eigenvalue weighted by molar-refractivity contribution is 4.84. The second-order valence-corrected chi connectivity index (χ2v) is 6.90. The topological polar surface area (TPSA) is 15.3 Å². The quantitative estimate of drug-likeness (QED) is 0.683. The molecule has 2 heteroatoms. The van der Waals surface area contributed by atoms with Gasteiger partial charge in [0.2, 0.25) is 0 Å². The van der Waals surface area contributed by atoms with Crippen molar-refractivity contribution in [3.8, 4) is 0 Å². The normalized spacial score (nSPS) is 28.8. The minimum Gasteiger partial charge on any atom is -0.314 e. The van der Waals surface area contributed by atoms with E-state index in [4.69, 9.17) is 0 Å². The zero-order valence-electron chi connectivity index (χ0n) is 14.6. The predicted octanol–water partition coefficient (Wildman–Crippen LogP) is 4.16. The van der Waals surface area contributed by atoms with Crippen LogP contribution in [-0.4, -0.2) is 37.1 Å². The summed E-state index contributed by atoms with van der Waals surface area (Å²) in [5.41, 5.74) is 0. The van der Waals surface area contributed by atoms with Crippen molar-refractivity contribution in [3.05, 3.63) is 0 Å². The first-order valence-corrected chi connectivity index (χ1v) is 9.07. The molecular weight excluding hydrogens is 244 g/mol. The van der Waals surface area contributed by atoms with Gasteiger partial charge in [0.05, 0.1) is 0 Å². The molecule has 0 aromatic carbocycles. The maximum absolute atomic E-state index is 3.85. The Morgan fingerprint density at radius 2 is 1.75 bits per heavy atom. The highest BCUT2D eigenvalue weighted by atomic mass is 15.1. The Hall–Kier alpha value is -0.0800. The van der Waals surface area contributed by atoms with Gasteiger partial charge in [0, 0.05) is 6.04 Å². The van der Waals surface area contributed by atoms with Crippen LogP contribution in [0.3, 0.4) is 0 Å². The molecule has 1 aliphatic rings. The van der Waals surface area contributed by atoms with E-state index in [1.807, 2.05) is 0 Å². The van der Waals surface area contributed by atoms with Crippen molar-refractivity contribution in [1.82, 2.24) is 10.2 Å². The number of rotatable bonds is 9. The van der Waals surface area contributed by atoms with Gasteiger partial charge in [-0.1, -0.05) is 41.0 Å². The van der Waals surface area contributed by atoms with Crippen LogP contribution in [0.2, 0.25) is 0 Å². The van der Waals surface area contributed by atoms with Crippen LogP contribution >= 0.6 is 0 Å². The molecule has 0 radical (unpaired) electrons. The molecule has 0 aromatic rings. The van der Waals surface area contributed by atoms with Crippen molar-refractivity contribution in [2.45, 2.75) is 72.8 Å². The molecule has 1 rings (SSSR count). The average Bonchev–Trinajstić information content (AvgIpc) is 2.46. The van der Waals surface area contributed by atoms with Crippen LogP contribution in [0.4, 0.5) is 0 Å². The van der Waals surface area contributed by atoms with E-state index >= 15 is 0 Å². The molecule has 1 N–H and O–H groups in total. The van der Waals surface area contributed by atoms with Crippen molar-refractivity contribution in [2.75, 3.05) is 26.2 Å². The van der Waals surface area contributed by atoms with Crippen molar-refractivity contribution in [2.24, 2.45) is 17.8 Å². The third-order valence-electron chi connectivity index (χ3n) is 5.52. The zero-order valence-corrected chi connectivity index (χ0v) is 14.6. The van der Waals surface area contributed by atoms with Gasteiger partial charge in [-0.3, -0.25) is 0 Å². The summed E-state index contributed by atoms with van der Waals surface area (Å²) < 4.78 is 0. The van der Waals surface area contributed by atoms with E-state index < -0.39 is 0 Å². The Morgan fingerprint density at radius 1 is 1.05 bits per heavy atom. The molecule has 2 nitrogen and oxygen atoms in total. The Morgan fingerprint density at radius 3 is 2.30 bits per heavy atom. The van der Waals surface area contributed by atoms with E-state index in [0.717, 1.165) is 23.8 Å². The fourth-order valence-electron chi connectivity index (χ4n) is 3.65. The standard InChI is InChI=1S/C18H38N2/c1-6-12-19-18(11-13-20(7-2)8-3)17-10-9-15(4)16(5)14-17/h15-19H,6-14H2,1-5H3. The van der Waals surface area contributed by atoms with E-state index in [1.54, 1.807) is 0 Å². The van der Waals surface area contributed by atoms with Gasteiger partial charge in [-0.25, -0.2) is 0 Å². The van der Waals surface area contributed by atoms with E-state index in [-0.39, 0.29) is 0 Å². The molecule has 0 bridgehead atoms. The molecule has 120 valence electrons. The van der Waals surface area contributed by atoms with Gasteiger partial charge in [-0.2, -0.15) is 0 Å². The lowest BCUT2D eigenvalue weighted by Crippen LogP contribution is -2.42. The third-order valence-corrected chi connectivity index (χ3v) is 5.52. The summed E-state index contributed by atoms with van der Waals surface area (Å²) in [6, 6.07) is 0.741. The van der Waals surface area contributed by atoms with Crippen molar-refractivity contribution < 1.29 is 0 Å². The summed E-state index contributed by atoms with van der Waals surface area (Å²) in [5, 5.41) is 3.85. The summed E-state index contributed by atoms with van der Waals surface area (Å²) in [4.78, 5) is 2.56. The third kappa shape index (κ3) is 5.73. The lowest BCUT2D eigenvalue weighted by Gasteiger charge is -2.38. The Labute approximate surface area is 127 Å². The van der Waals surface area contributed by atoms with Gasteiger partial charge in [0.15, 0.2) is 0 Å². The summed E-state index contributed by atoms with van der Waals surface area (Å²) in [5.74, 6) is 2.75. The van der Waals surface area contributed by atoms with Crippen molar-refractivity contribution >= 4 is 0 Å². The molecule has 1 aliphatic carbocycles. The SMILES string of the molecule is CCCNC(CCN(CC)CC)C1CCC(C)C(C)C1. The van der Waals surface area contributed by atoms with Crippen LogP contribution in [0.15, 0.2) is 0 Å². The van der Waals surface area contributed by atoms with Crippen LogP contribution in [-0.2, 0) is 0 Å². The number of nitrogens with zero attached hydrogens (tertiary/aromatic N) is 1. The molecule has 0 aromatic heterocycles. The number of hydrogen-bond acceptors (Lipinski definition) is 2. The van der Waals surface area contributed by atoms with Gasteiger partial charge >= 0.3 is 0 Å². The van der Waals surface area contributed by atoms with E-state index in [0.29, 0.717) is 0 Å². The highest BCUT2D eigenvalue weighted by Gasteiger charge is 2.29. The van der Waals surface area contributed by atoms with Crippen LogP contribution in [0, 0.1) is 17.8 Å². The fourth-order valence-corrected chi connectivity index (χ4v) is 3.65. The molecule has 1 fully saturated rings. The van der Waals surface area contributed by atoms with E-state index in [9.17, 15) is 0 Å². The van der Waals surface area contributed by atoms with Crippen LogP contribution in [0.1, 0.15) is 66.7 Å². The van der Waals surface area contributed by atoms with E-state index in [1.165, 1.54) is 58.3 Å². The Balaban J connectivity index is 2.50. The smallest absolute Gasteiger partial charge is 0.0108 e. The molecule has 4 atom stereocenters. The van der Waals surface area contributed by atoms with Gasteiger partial charge in [0.1, 0.15) is 0 Å². The van der Waals surface area contributed by atoms with Crippen molar-refractivity contribution in [1.29, 1.82) is 0 Å². The van der Waals surface area contributed by atoms with Crippen LogP contribution in [0.5, 0.6) is 0 Å². The highest BCUT2D eigenvalue weighted by Crippen LogP contribution is 2.35. The lowest BCUT2D eigenvalue weighted by molar-refractivity contribution is 0.156. The minimum absolute atomic E-state index is 0.741. The molecule has 0 saturated heterocycles. The summed E-state index contributed by atoms with van der Waals surface area (Å²) >= 11 is 0. The van der Waals surface area contributed by atoms with Crippen molar-refractivity contribution in [3.63, 3.8) is 0 Å². The summed E-state index contributed by atoms with van der Waals surface area (Å²) in [6.45, 7) is 16.6. The average molecular weight is 283 g/mol. The Kier molecular flexibility index (Phi) is 8.79. The molecule has 0 heterocycles. The summed E-state index contributed by atoms with van der Waals surface area (Å²) in [6.07, 6.45) is 6.88. The van der Waals surface area contributed by atoms with Gasteiger partial charge < -0.3 is 10.2 Å². The molecule has 0 amide bonds. The largest absolute Gasteiger partial charge is 0.314 e. The van der Waals surface area contributed by atoms with Gasteiger partial charge in [-0.15, -0.1) is 0 Å². The van der Waals surface area contributed by atoms with Gasteiger partial charge in [0.25, 0.3) is 0 Å². The molecule has 0 spiro atoms. The molecular formula is C18H38N2. The Bertz CT molecular complexity index is 238. The second kappa shape index (κ2) is 9.78. The predicted molar refractivity (Wildman–Crippen MR) is 90.2 cm³/mol. The first-order valence-electron chi connectivity index (χ1n) is 9.07. The lowest BCUT2D eigenvalue weighted by atomic mass is 9.72. The molecule has 4 unspecified atom stereocenters. The van der Waals surface area contributed by atoms with E-state index in [2.05, 4.69) is 44.8 Å². The van der Waals surface area contributed by atoms with Crippen LogP contribution in [0.25, 0.3) is 0 Å². The fraction of sp³-hybridized carbons (Fsp3) is 1.00. The first-order chi connectivity index (χ1) is 9.62. The van der Waals surface area contributed by atoms with Crippen LogP contribution < -0.4 is 5.32 Å². The number of hydrogen-bond donors (Lipinski definition) is 1.